The molecule has 0 fully saturated rings. The molecular weight excluding hydrogens is 188 g/mol. The Hall–Kier alpha value is -0.830. The van der Waals surface area contributed by atoms with E-state index in [0.717, 1.165) is 43.3 Å². The number of rotatable bonds is 4. The zero-order chi connectivity index (χ0) is 10.7. The van der Waals surface area contributed by atoms with E-state index < -0.39 is 0 Å². The van der Waals surface area contributed by atoms with Gasteiger partial charge in [0.1, 0.15) is 11.5 Å². The van der Waals surface area contributed by atoms with Crippen LogP contribution in [0.2, 0.25) is 0 Å². The Morgan fingerprint density at radius 1 is 1.47 bits per heavy atom. The van der Waals surface area contributed by atoms with Crippen LogP contribution in [-0.2, 0) is 19.4 Å². The third kappa shape index (κ3) is 2.23. The van der Waals surface area contributed by atoms with Crippen molar-refractivity contribution >= 4 is 0 Å². The summed E-state index contributed by atoms with van der Waals surface area (Å²) in [6.07, 6.45) is 4.77. The fourth-order valence-electron chi connectivity index (χ4n) is 2.27. The molecule has 1 N–H and O–H groups in total. The number of aryl methyl sites for hydroxylation is 1. The number of fused-ring (bicyclic) bond motifs is 1. The van der Waals surface area contributed by atoms with Gasteiger partial charge in [-0.05, 0) is 25.3 Å². The second-order valence-electron chi connectivity index (χ2n) is 4.33. The van der Waals surface area contributed by atoms with Gasteiger partial charge in [-0.2, -0.15) is 0 Å². The van der Waals surface area contributed by atoms with Crippen molar-refractivity contribution < 1.29 is 4.52 Å². The van der Waals surface area contributed by atoms with Crippen molar-refractivity contribution in [3.05, 3.63) is 17.0 Å². The lowest BCUT2D eigenvalue weighted by Crippen LogP contribution is -2.17. The molecular formula is C12H20N2O. The minimum absolute atomic E-state index is 0.831. The van der Waals surface area contributed by atoms with Crippen molar-refractivity contribution in [3.8, 4) is 0 Å². The second kappa shape index (κ2) is 4.79. The highest BCUT2D eigenvalue weighted by Gasteiger charge is 2.24. The normalized spacial score (nSPS) is 20.3. The third-order valence-corrected chi connectivity index (χ3v) is 3.34. The van der Waals surface area contributed by atoms with Gasteiger partial charge in [0.2, 0.25) is 0 Å². The fraction of sp³-hybridized carbons (Fsp3) is 0.750. The van der Waals surface area contributed by atoms with Crippen LogP contribution in [0.15, 0.2) is 4.52 Å². The van der Waals surface area contributed by atoms with E-state index in [9.17, 15) is 0 Å². The zero-order valence-electron chi connectivity index (χ0n) is 9.68. The van der Waals surface area contributed by atoms with Crippen LogP contribution in [0.5, 0.6) is 0 Å². The molecule has 0 saturated heterocycles. The highest BCUT2D eigenvalue weighted by molar-refractivity contribution is 5.26. The van der Waals surface area contributed by atoms with E-state index in [2.05, 4.69) is 24.3 Å². The summed E-state index contributed by atoms with van der Waals surface area (Å²) < 4.78 is 5.39. The Bertz CT molecular complexity index is 319. The molecule has 3 nitrogen and oxygen atoms in total. The summed E-state index contributed by atoms with van der Waals surface area (Å²) in [5, 5.41) is 7.48. The Labute approximate surface area is 91.2 Å². The van der Waals surface area contributed by atoms with E-state index in [4.69, 9.17) is 4.52 Å². The molecule has 0 aliphatic heterocycles. The second-order valence-corrected chi connectivity index (χ2v) is 4.33. The molecule has 0 aromatic carbocycles. The summed E-state index contributed by atoms with van der Waals surface area (Å²) in [6, 6.07) is 0. The van der Waals surface area contributed by atoms with E-state index in [-0.39, 0.29) is 0 Å². The number of nitrogens with one attached hydrogen (secondary N) is 1. The van der Waals surface area contributed by atoms with Crippen LogP contribution < -0.4 is 5.32 Å². The summed E-state index contributed by atoms with van der Waals surface area (Å²) >= 11 is 0. The van der Waals surface area contributed by atoms with Gasteiger partial charge in [0, 0.05) is 18.5 Å². The van der Waals surface area contributed by atoms with Gasteiger partial charge < -0.3 is 9.84 Å². The van der Waals surface area contributed by atoms with E-state index >= 15 is 0 Å². The summed E-state index contributed by atoms with van der Waals surface area (Å²) in [5.41, 5.74) is 2.51. The molecule has 3 heteroatoms. The first-order valence-electron chi connectivity index (χ1n) is 6.02. The minimum Gasteiger partial charge on any atom is -0.361 e. The van der Waals surface area contributed by atoms with Crippen LogP contribution in [0.25, 0.3) is 0 Å². The van der Waals surface area contributed by atoms with Crippen LogP contribution in [-0.4, -0.2) is 11.7 Å². The van der Waals surface area contributed by atoms with Gasteiger partial charge >= 0.3 is 0 Å². The first kappa shape index (κ1) is 10.7. The average Bonchev–Trinajstić information content (AvgIpc) is 2.68. The van der Waals surface area contributed by atoms with Crippen LogP contribution in [0.4, 0.5) is 0 Å². The van der Waals surface area contributed by atoms with Gasteiger partial charge in [0.25, 0.3) is 0 Å². The molecule has 0 spiro atoms. The molecule has 84 valence electrons. The molecule has 1 aliphatic rings. The number of aromatic nitrogens is 1. The van der Waals surface area contributed by atoms with Crippen LogP contribution in [0.3, 0.4) is 0 Å². The Morgan fingerprint density at radius 2 is 2.33 bits per heavy atom. The third-order valence-electron chi connectivity index (χ3n) is 3.34. The fourth-order valence-corrected chi connectivity index (χ4v) is 2.27. The summed E-state index contributed by atoms with van der Waals surface area (Å²) in [5.74, 6) is 1.96. The topological polar surface area (TPSA) is 38.1 Å². The number of nitrogens with zero attached hydrogens (tertiary/aromatic N) is 1. The molecule has 0 saturated carbocycles. The Morgan fingerprint density at radius 3 is 3.07 bits per heavy atom. The van der Waals surface area contributed by atoms with Gasteiger partial charge in [-0.15, -0.1) is 0 Å². The predicted octanol–water partition coefficient (Wildman–Crippen LogP) is 2.30. The molecule has 1 aliphatic carbocycles. The first-order valence-corrected chi connectivity index (χ1v) is 6.02. The highest BCUT2D eigenvalue weighted by atomic mass is 16.5. The minimum atomic E-state index is 0.831. The van der Waals surface area contributed by atoms with Crippen molar-refractivity contribution in [2.24, 2.45) is 5.92 Å². The summed E-state index contributed by atoms with van der Waals surface area (Å²) in [6.45, 7) is 6.22. The van der Waals surface area contributed by atoms with E-state index in [0.29, 0.717) is 0 Å². The largest absolute Gasteiger partial charge is 0.361 e. The van der Waals surface area contributed by atoms with Gasteiger partial charge in [0.05, 0.1) is 0 Å². The monoisotopic (exact) mass is 208 g/mol. The van der Waals surface area contributed by atoms with Gasteiger partial charge in [-0.3, -0.25) is 0 Å². The van der Waals surface area contributed by atoms with E-state index in [1.165, 1.54) is 18.4 Å². The molecule has 15 heavy (non-hydrogen) atoms. The maximum atomic E-state index is 5.39. The average molecular weight is 208 g/mol. The Kier molecular flexibility index (Phi) is 3.41. The van der Waals surface area contributed by atoms with Crippen molar-refractivity contribution in [2.75, 3.05) is 6.54 Å². The maximum Gasteiger partial charge on any atom is 0.140 e. The Balaban J connectivity index is 2.10. The number of hydrogen-bond donors (Lipinski definition) is 1. The molecule has 0 bridgehead atoms. The molecule has 1 unspecified atom stereocenters. The smallest absolute Gasteiger partial charge is 0.140 e. The maximum absolute atomic E-state index is 5.39. The summed E-state index contributed by atoms with van der Waals surface area (Å²) in [7, 11) is 0. The van der Waals surface area contributed by atoms with Crippen molar-refractivity contribution in [1.82, 2.24) is 10.5 Å². The molecule has 1 aromatic heterocycles. The van der Waals surface area contributed by atoms with Gasteiger partial charge in [-0.25, -0.2) is 0 Å². The van der Waals surface area contributed by atoms with Crippen molar-refractivity contribution in [1.29, 1.82) is 0 Å². The van der Waals surface area contributed by atoms with Crippen molar-refractivity contribution in [3.63, 3.8) is 0 Å². The first-order chi connectivity index (χ1) is 7.35. The molecule has 2 rings (SSSR count). The van der Waals surface area contributed by atoms with Crippen molar-refractivity contribution in [2.45, 2.75) is 46.1 Å². The molecule has 1 aromatic rings. The highest BCUT2D eigenvalue weighted by Crippen LogP contribution is 2.29. The lowest BCUT2D eigenvalue weighted by atomic mass is 9.85. The standard InChI is InChI=1S/C12H20N2O/c1-3-9-5-6-12-10(7-9)11(14-15-12)8-13-4-2/h9,13H,3-8H2,1-2H3. The molecule has 1 heterocycles. The van der Waals surface area contributed by atoms with Crippen LogP contribution in [0.1, 0.15) is 43.7 Å². The zero-order valence-corrected chi connectivity index (χ0v) is 9.68. The molecule has 1 atom stereocenters. The van der Waals surface area contributed by atoms with Crippen LogP contribution in [0, 0.1) is 5.92 Å². The van der Waals surface area contributed by atoms with E-state index in [1.807, 2.05) is 0 Å². The molecule has 0 radical (unpaired) electrons. The van der Waals surface area contributed by atoms with Gasteiger partial charge in [0.15, 0.2) is 0 Å². The summed E-state index contributed by atoms with van der Waals surface area (Å²) in [4.78, 5) is 0. The SMILES string of the molecule is CCNCc1noc2c1CC(CC)CC2. The van der Waals surface area contributed by atoms with Gasteiger partial charge in [-0.1, -0.05) is 25.4 Å². The lowest BCUT2D eigenvalue weighted by molar-refractivity contribution is 0.343. The molecule has 0 amide bonds. The quantitative estimate of drug-likeness (QED) is 0.825. The lowest BCUT2D eigenvalue weighted by Gasteiger charge is -2.19. The van der Waals surface area contributed by atoms with Crippen LogP contribution >= 0.6 is 0 Å². The predicted molar refractivity (Wildman–Crippen MR) is 59.7 cm³/mol. The number of hydrogen-bond acceptors (Lipinski definition) is 3. The van der Waals surface area contributed by atoms with E-state index in [1.54, 1.807) is 0 Å².